The summed E-state index contributed by atoms with van der Waals surface area (Å²) in [5, 5.41) is 0. The molecule has 2 aromatic carbocycles. The van der Waals surface area contributed by atoms with Gasteiger partial charge in [-0.25, -0.2) is 0 Å². The summed E-state index contributed by atoms with van der Waals surface area (Å²) in [5.41, 5.74) is 3.29. The van der Waals surface area contributed by atoms with Gasteiger partial charge in [-0.15, -0.1) is 0 Å². The summed E-state index contributed by atoms with van der Waals surface area (Å²) in [5.74, 6) is 1.44. The molecule has 0 aliphatic carbocycles. The highest BCUT2D eigenvalue weighted by Gasteiger charge is 2.21. The lowest BCUT2D eigenvalue weighted by molar-refractivity contribution is -0.126. The molecular weight excluding hydrogens is 382 g/mol. The van der Waals surface area contributed by atoms with E-state index in [1.54, 1.807) is 20.3 Å². The number of halogens is 1. The Hall–Kier alpha value is -2.27. The van der Waals surface area contributed by atoms with Crippen LogP contribution in [0, 0.1) is 0 Å². The number of fused-ring (bicyclic) bond motifs is 1. The van der Waals surface area contributed by atoms with E-state index >= 15 is 0 Å². The minimum atomic E-state index is 0.0104. The molecule has 0 spiro atoms. The van der Waals surface area contributed by atoms with Gasteiger partial charge in [0, 0.05) is 23.6 Å². The van der Waals surface area contributed by atoms with Crippen molar-refractivity contribution in [2.24, 2.45) is 0 Å². The van der Waals surface area contributed by atoms with Crippen molar-refractivity contribution in [3.63, 3.8) is 0 Å². The molecule has 1 amide bonds. The molecule has 25 heavy (non-hydrogen) atoms. The van der Waals surface area contributed by atoms with Crippen LogP contribution >= 0.6 is 15.9 Å². The molecule has 5 heteroatoms. The molecule has 0 bridgehead atoms. The smallest absolute Gasteiger partial charge is 0.246 e. The van der Waals surface area contributed by atoms with Gasteiger partial charge in [0.05, 0.1) is 14.2 Å². The molecule has 3 rings (SSSR count). The highest BCUT2D eigenvalue weighted by Crippen LogP contribution is 2.33. The number of amides is 1. The maximum Gasteiger partial charge on any atom is 0.246 e. The van der Waals surface area contributed by atoms with Crippen LogP contribution in [-0.2, 0) is 17.8 Å². The highest BCUT2D eigenvalue weighted by molar-refractivity contribution is 9.10. The van der Waals surface area contributed by atoms with Crippen molar-refractivity contribution >= 4 is 27.9 Å². The van der Waals surface area contributed by atoms with E-state index in [1.807, 2.05) is 47.4 Å². The lowest BCUT2D eigenvalue weighted by atomic mass is 9.98. The second-order valence-corrected chi connectivity index (χ2v) is 6.69. The van der Waals surface area contributed by atoms with Gasteiger partial charge in [-0.3, -0.25) is 4.79 Å². The molecule has 1 aliphatic heterocycles. The van der Waals surface area contributed by atoms with Crippen LogP contribution in [0.1, 0.15) is 16.7 Å². The van der Waals surface area contributed by atoms with E-state index in [2.05, 4.69) is 15.9 Å². The van der Waals surface area contributed by atoms with E-state index in [0.29, 0.717) is 18.8 Å². The fourth-order valence-corrected chi connectivity index (χ4v) is 3.36. The zero-order valence-electron chi connectivity index (χ0n) is 14.3. The molecule has 0 unspecified atom stereocenters. The molecule has 2 aromatic rings. The lowest BCUT2D eigenvalue weighted by Crippen LogP contribution is -2.34. The lowest BCUT2D eigenvalue weighted by Gasteiger charge is -2.28. The standard InChI is InChI=1S/C20H20BrNO3/c1-24-18-11-15-9-10-22(13-16(15)12-19(18)25-2)20(23)8-7-14-5-3-4-6-17(14)21/h3-8,11-12H,9-10,13H2,1-2H3/b8-7+. The monoisotopic (exact) mass is 401 g/mol. The summed E-state index contributed by atoms with van der Waals surface area (Å²) in [6.45, 7) is 1.27. The van der Waals surface area contributed by atoms with E-state index in [0.717, 1.165) is 27.8 Å². The van der Waals surface area contributed by atoms with Crippen molar-refractivity contribution in [1.82, 2.24) is 4.90 Å². The summed E-state index contributed by atoms with van der Waals surface area (Å²) in [6, 6.07) is 11.8. The average Bonchev–Trinajstić information content (AvgIpc) is 2.65. The number of rotatable bonds is 4. The molecule has 0 aromatic heterocycles. The third-order valence-corrected chi connectivity index (χ3v) is 5.06. The van der Waals surface area contributed by atoms with Gasteiger partial charge in [-0.1, -0.05) is 34.1 Å². The highest BCUT2D eigenvalue weighted by atomic mass is 79.9. The van der Waals surface area contributed by atoms with Crippen molar-refractivity contribution < 1.29 is 14.3 Å². The molecule has 130 valence electrons. The number of ether oxygens (including phenoxy) is 2. The Kier molecular flexibility index (Phi) is 5.43. The van der Waals surface area contributed by atoms with Gasteiger partial charge in [0.2, 0.25) is 5.91 Å². The Morgan fingerprint density at radius 1 is 1.12 bits per heavy atom. The Morgan fingerprint density at radius 3 is 2.48 bits per heavy atom. The van der Waals surface area contributed by atoms with Gasteiger partial charge in [-0.05, 0) is 47.4 Å². The molecular formula is C20H20BrNO3. The van der Waals surface area contributed by atoms with Crippen LogP contribution in [-0.4, -0.2) is 31.6 Å². The van der Waals surface area contributed by atoms with E-state index in [9.17, 15) is 4.79 Å². The molecule has 0 atom stereocenters. The molecule has 4 nitrogen and oxygen atoms in total. The number of carbonyl (C=O) groups excluding carboxylic acids is 1. The van der Waals surface area contributed by atoms with Crippen LogP contribution in [0.4, 0.5) is 0 Å². The van der Waals surface area contributed by atoms with Gasteiger partial charge in [0.1, 0.15) is 0 Å². The van der Waals surface area contributed by atoms with Crippen LogP contribution in [0.25, 0.3) is 6.08 Å². The van der Waals surface area contributed by atoms with Gasteiger partial charge < -0.3 is 14.4 Å². The molecule has 0 saturated heterocycles. The van der Waals surface area contributed by atoms with Crippen LogP contribution in [0.2, 0.25) is 0 Å². The molecule has 1 heterocycles. The first-order valence-electron chi connectivity index (χ1n) is 8.07. The predicted molar refractivity (Wildman–Crippen MR) is 102 cm³/mol. The first kappa shape index (κ1) is 17.5. The molecule has 0 radical (unpaired) electrons. The minimum absolute atomic E-state index is 0.0104. The topological polar surface area (TPSA) is 38.8 Å². The maximum atomic E-state index is 12.5. The molecule has 0 saturated carbocycles. The molecule has 1 aliphatic rings. The molecule has 0 fully saturated rings. The second-order valence-electron chi connectivity index (χ2n) is 5.84. The number of benzene rings is 2. The van der Waals surface area contributed by atoms with Crippen molar-refractivity contribution in [2.75, 3.05) is 20.8 Å². The number of nitrogens with zero attached hydrogens (tertiary/aromatic N) is 1. The van der Waals surface area contributed by atoms with Crippen molar-refractivity contribution in [1.29, 1.82) is 0 Å². The number of hydrogen-bond acceptors (Lipinski definition) is 3. The summed E-state index contributed by atoms with van der Waals surface area (Å²) >= 11 is 3.49. The Labute approximate surface area is 156 Å². The van der Waals surface area contributed by atoms with Crippen molar-refractivity contribution in [3.8, 4) is 11.5 Å². The number of carbonyl (C=O) groups is 1. The second kappa shape index (κ2) is 7.74. The van der Waals surface area contributed by atoms with E-state index in [4.69, 9.17) is 9.47 Å². The summed E-state index contributed by atoms with van der Waals surface area (Å²) in [6.07, 6.45) is 4.28. The first-order valence-corrected chi connectivity index (χ1v) is 8.87. The Balaban J connectivity index is 1.76. The number of methoxy groups -OCH3 is 2. The predicted octanol–water partition coefficient (Wildman–Crippen LogP) is 4.06. The maximum absolute atomic E-state index is 12.5. The fraction of sp³-hybridized carbons (Fsp3) is 0.250. The Bertz CT molecular complexity index is 817. The van der Waals surface area contributed by atoms with E-state index in [-0.39, 0.29) is 5.91 Å². The van der Waals surface area contributed by atoms with Gasteiger partial charge in [-0.2, -0.15) is 0 Å². The van der Waals surface area contributed by atoms with Crippen LogP contribution in [0.15, 0.2) is 46.9 Å². The summed E-state index contributed by atoms with van der Waals surface area (Å²) < 4.78 is 11.7. The van der Waals surface area contributed by atoms with Crippen LogP contribution < -0.4 is 9.47 Å². The van der Waals surface area contributed by atoms with Crippen LogP contribution in [0.3, 0.4) is 0 Å². The third-order valence-electron chi connectivity index (χ3n) is 4.34. The van der Waals surface area contributed by atoms with Gasteiger partial charge in [0.15, 0.2) is 11.5 Å². The quantitative estimate of drug-likeness (QED) is 0.724. The largest absolute Gasteiger partial charge is 0.493 e. The van der Waals surface area contributed by atoms with Crippen LogP contribution in [0.5, 0.6) is 11.5 Å². The van der Waals surface area contributed by atoms with Crippen molar-refractivity contribution in [3.05, 3.63) is 63.6 Å². The summed E-state index contributed by atoms with van der Waals surface area (Å²) in [4.78, 5) is 14.4. The third kappa shape index (κ3) is 3.87. The zero-order chi connectivity index (χ0) is 17.8. The zero-order valence-corrected chi connectivity index (χ0v) is 15.9. The Morgan fingerprint density at radius 2 is 1.80 bits per heavy atom. The average molecular weight is 402 g/mol. The minimum Gasteiger partial charge on any atom is -0.493 e. The van der Waals surface area contributed by atoms with E-state index in [1.165, 1.54) is 5.56 Å². The fourth-order valence-electron chi connectivity index (χ4n) is 2.95. The number of hydrogen-bond donors (Lipinski definition) is 0. The SMILES string of the molecule is COc1cc2c(cc1OC)CN(C(=O)/C=C/c1ccccc1Br)CC2. The van der Waals surface area contributed by atoms with Gasteiger partial charge >= 0.3 is 0 Å². The first-order chi connectivity index (χ1) is 12.1. The molecule has 0 N–H and O–H groups in total. The van der Waals surface area contributed by atoms with E-state index < -0.39 is 0 Å². The summed E-state index contributed by atoms with van der Waals surface area (Å²) in [7, 11) is 3.26. The van der Waals surface area contributed by atoms with Crippen molar-refractivity contribution in [2.45, 2.75) is 13.0 Å². The normalized spacial score (nSPS) is 13.6. The van der Waals surface area contributed by atoms with Gasteiger partial charge in [0.25, 0.3) is 0 Å².